The Bertz CT molecular complexity index is 297. The zero-order valence-electron chi connectivity index (χ0n) is 12.0. The molecule has 0 saturated heterocycles. The molecule has 1 N–H and O–H groups in total. The molecule has 1 aromatic rings. The van der Waals surface area contributed by atoms with Crippen molar-refractivity contribution < 1.29 is 0 Å². The number of rotatable bonds is 9. The molecule has 0 saturated carbocycles. The summed E-state index contributed by atoms with van der Waals surface area (Å²) in [6, 6.07) is 10.7. The molecule has 0 fully saturated rings. The topological polar surface area (TPSA) is 12.0 Å². The van der Waals surface area contributed by atoms with Crippen LogP contribution in [-0.4, -0.2) is 18.8 Å². The van der Waals surface area contributed by atoms with Gasteiger partial charge in [-0.25, -0.2) is 0 Å². The zero-order valence-corrected chi connectivity index (χ0v) is 12.8. The summed E-state index contributed by atoms with van der Waals surface area (Å²) < 4.78 is 0. The quantitative estimate of drug-likeness (QED) is 0.662. The Kier molecular flexibility index (Phi) is 8.19. The zero-order chi connectivity index (χ0) is 13.2. The molecule has 1 unspecified atom stereocenters. The van der Waals surface area contributed by atoms with Crippen molar-refractivity contribution in [3.05, 3.63) is 30.3 Å². The molecule has 0 aliphatic heterocycles. The predicted molar refractivity (Wildman–Crippen MR) is 83.3 cm³/mol. The van der Waals surface area contributed by atoms with Crippen molar-refractivity contribution in [3.63, 3.8) is 0 Å². The Morgan fingerprint density at radius 1 is 1.17 bits per heavy atom. The number of thioether (sulfide) groups is 1. The molecular weight excluding hydrogens is 238 g/mol. The molecular formula is C16H27NS. The number of hydrogen-bond acceptors (Lipinski definition) is 2. The van der Waals surface area contributed by atoms with E-state index in [-0.39, 0.29) is 0 Å². The SMILES string of the molecule is CCNCC(CCSc1ccccc1)CC(C)C. The molecule has 0 radical (unpaired) electrons. The van der Waals surface area contributed by atoms with Gasteiger partial charge in [0.2, 0.25) is 0 Å². The molecule has 102 valence electrons. The van der Waals surface area contributed by atoms with Crippen LogP contribution in [0.5, 0.6) is 0 Å². The fraction of sp³-hybridized carbons (Fsp3) is 0.625. The normalized spacial score (nSPS) is 12.9. The lowest BCUT2D eigenvalue weighted by Crippen LogP contribution is -2.24. The summed E-state index contributed by atoms with van der Waals surface area (Å²) in [7, 11) is 0. The summed E-state index contributed by atoms with van der Waals surface area (Å²) in [4.78, 5) is 1.39. The van der Waals surface area contributed by atoms with Gasteiger partial charge in [0, 0.05) is 4.90 Å². The fourth-order valence-electron chi connectivity index (χ4n) is 2.18. The van der Waals surface area contributed by atoms with E-state index in [2.05, 4.69) is 56.4 Å². The third-order valence-corrected chi connectivity index (χ3v) is 4.07. The van der Waals surface area contributed by atoms with Crippen molar-refractivity contribution in [3.8, 4) is 0 Å². The molecule has 0 heterocycles. The van der Waals surface area contributed by atoms with Gasteiger partial charge in [-0.15, -0.1) is 11.8 Å². The number of benzene rings is 1. The average Bonchev–Trinajstić information content (AvgIpc) is 2.36. The Morgan fingerprint density at radius 3 is 2.50 bits per heavy atom. The van der Waals surface area contributed by atoms with Gasteiger partial charge in [-0.05, 0) is 55.7 Å². The van der Waals surface area contributed by atoms with Crippen LogP contribution in [0.25, 0.3) is 0 Å². The van der Waals surface area contributed by atoms with Gasteiger partial charge < -0.3 is 5.32 Å². The van der Waals surface area contributed by atoms with Gasteiger partial charge >= 0.3 is 0 Å². The first kappa shape index (κ1) is 15.6. The monoisotopic (exact) mass is 265 g/mol. The van der Waals surface area contributed by atoms with Crippen LogP contribution in [0.15, 0.2) is 35.2 Å². The van der Waals surface area contributed by atoms with E-state index in [0.717, 1.165) is 18.4 Å². The Labute approximate surface area is 117 Å². The molecule has 0 bridgehead atoms. The molecule has 1 rings (SSSR count). The van der Waals surface area contributed by atoms with Gasteiger partial charge in [0.15, 0.2) is 0 Å². The Morgan fingerprint density at radius 2 is 1.89 bits per heavy atom. The molecule has 1 aromatic carbocycles. The first-order chi connectivity index (χ1) is 8.72. The molecule has 0 spiro atoms. The summed E-state index contributed by atoms with van der Waals surface area (Å²) in [6.07, 6.45) is 2.65. The molecule has 18 heavy (non-hydrogen) atoms. The molecule has 0 aliphatic rings. The maximum atomic E-state index is 3.49. The van der Waals surface area contributed by atoms with Crippen LogP contribution >= 0.6 is 11.8 Å². The summed E-state index contributed by atoms with van der Waals surface area (Å²) >= 11 is 1.98. The van der Waals surface area contributed by atoms with Gasteiger partial charge in [0.05, 0.1) is 0 Å². The standard InChI is InChI=1S/C16H27NS/c1-4-17-13-15(12-14(2)3)10-11-18-16-8-6-5-7-9-16/h5-9,14-15,17H,4,10-13H2,1-3H3. The number of hydrogen-bond donors (Lipinski definition) is 1. The molecule has 0 amide bonds. The highest BCUT2D eigenvalue weighted by Gasteiger charge is 2.10. The first-order valence-electron chi connectivity index (χ1n) is 7.11. The molecule has 1 nitrogen and oxygen atoms in total. The fourth-order valence-corrected chi connectivity index (χ4v) is 3.22. The van der Waals surface area contributed by atoms with Crippen LogP contribution in [0.4, 0.5) is 0 Å². The smallest absolute Gasteiger partial charge is 0.00719 e. The van der Waals surface area contributed by atoms with Crippen LogP contribution in [0.3, 0.4) is 0 Å². The van der Waals surface area contributed by atoms with E-state index in [4.69, 9.17) is 0 Å². The maximum Gasteiger partial charge on any atom is 0.00719 e. The maximum absolute atomic E-state index is 3.49. The van der Waals surface area contributed by atoms with Crippen molar-refractivity contribution in [1.29, 1.82) is 0 Å². The molecule has 1 atom stereocenters. The van der Waals surface area contributed by atoms with Crippen LogP contribution in [0, 0.1) is 11.8 Å². The minimum atomic E-state index is 0.801. The third-order valence-electron chi connectivity index (χ3n) is 3.03. The van der Waals surface area contributed by atoms with Gasteiger partial charge in [-0.1, -0.05) is 39.0 Å². The molecule has 0 aromatic heterocycles. The minimum Gasteiger partial charge on any atom is -0.317 e. The van der Waals surface area contributed by atoms with Gasteiger partial charge in [0.1, 0.15) is 0 Å². The van der Waals surface area contributed by atoms with E-state index in [1.54, 1.807) is 0 Å². The summed E-state index contributed by atoms with van der Waals surface area (Å²) in [6.45, 7) is 9.09. The summed E-state index contributed by atoms with van der Waals surface area (Å²) in [5.41, 5.74) is 0. The van der Waals surface area contributed by atoms with E-state index < -0.39 is 0 Å². The van der Waals surface area contributed by atoms with E-state index >= 15 is 0 Å². The van der Waals surface area contributed by atoms with E-state index in [0.29, 0.717) is 0 Å². The lowest BCUT2D eigenvalue weighted by Gasteiger charge is -2.19. The second-order valence-corrected chi connectivity index (χ2v) is 6.42. The highest BCUT2D eigenvalue weighted by Crippen LogP contribution is 2.22. The number of nitrogens with one attached hydrogen (secondary N) is 1. The van der Waals surface area contributed by atoms with Crippen molar-refractivity contribution in [2.75, 3.05) is 18.8 Å². The summed E-state index contributed by atoms with van der Waals surface area (Å²) in [5.74, 6) is 2.85. The third kappa shape index (κ3) is 7.07. The van der Waals surface area contributed by atoms with Gasteiger partial charge in [0.25, 0.3) is 0 Å². The molecule has 2 heteroatoms. The lowest BCUT2D eigenvalue weighted by atomic mass is 9.95. The molecule has 0 aliphatic carbocycles. The van der Waals surface area contributed by atoms with Gasteiger partial charge in [-0.2, -0.15) is 0 Å². The lowest BCUT2D eigenvalue weighted by molar-refractivity contribution is 0.383. The van der Waals surface area contributed by atoms with E-state index in [9.17, 15) is 0 Å². The van der Waals surface area contributed by atoms with Crippen LogP contribution in [0.1, 0.15) is 33.6 Å². The Hall–Kier alpha value is -0.470. The van der Waals surface area contributed by atoms with Crippen molar-refractivity contribution in [2.24, 2.45) is 11.8 Å². The van der Waals surface area contributed by atoms with E-state index in [1.165, 1.54) is 30.0 Å². The van der Waals surface area contributed by atoms with E-state index in [1.807, 2.05) is 11.8 Å². The highest BCUT2D eigenvalue weighted by atomic mass is 32.2. The van der Waals surface area contributed by atoms with Crippen molar-refractivity contribution >= 4 is 11.8 Å². The van der Waals surface area contributed by atoms with Crippen molar-refractivity contribution in [2.45, 2.75) is 38.5 Å². The predicted octanol–water partition coefficient (Wildman–Crippen LogP) is 4.44. The minimum absolute atomic E-state index is 0.801. The highest BCUT2D eigenvalue weighted by molar-refractivity contribution is 7.99. The van der Waals surface area contributed by atoms with Crippen LogP contribution < -0.4 is 5.32 Å². The van der Waals surface area contributed by atoms with Crippen LogP contribution in [0.2, 0.25) is 0 Å². The van der Waals surface area contributed by atoms with Crippen LogP contribution in [-0.2, 0) is 0 Å². The van der Waals surface area contributed by atoms with Gasteiger partial charge in [-0.3, -0.25) is 0 Å². The second-order valence-electron chi connectivity index (χ2n) is 5.25. The van der Waals surface area contributed by atoms with Crippen molar-refractivity contribution in [1.82, 2.24) is 5.32 Å². The largest absolute Gasteiger partial charge is 0.317 e. The summed E-state index contributed by atoms with van der Waals surface area (Å²) in [5, 5.41) is 3.49. The first-order valence-corrected chi connectivity index (χ1v) is 8.09. The average molecular weight is 265 g/mol. The second kappa shape index (κ2) is 9.46. The Balaban J connectivity index is 2.27.